The fourth-order valence-electron chi connectivity index (χ4n) is 3.15. The van der Waals surface area contributed by atoms with Crippen molar-refractivity contribution in [2.45, 2.75) is 6.54 Å². The lowest BCUT2D eigenvalue weighted by Crippen LogP contribution is -2.49. The van der Waals surface area contributed by atoms with Crippen LogP contribution in [0, 0.1) is 5.82 Å². The number of carbonyl (C=O) groups is 2. The summed E-state index contributed by atoms with van der Waals surface area (Å²) in [6.07, 6.45) is 0. The summed E-state index contributed by atoms with van der Waals surface area (Å²) in [7, 11) is 0. The third-order valence-corrected chi connectivity index (χ3v) is 5.10. The van der Waals surface area contributed by atoms with E-state index in [4.69, 9.17) is 11.6 Å². The molecule has 0 unspecified atom stereocenters. The highest BCUT2D eigenvalue weighted by Crippen LogP contribution is 2.16. The number of hydrogen-bond donors (Lipinski definition) is 2. The normalized spacial score (nSPS) is 14.5. The summed E-state index contributed by atoms with van der Waals surface area (Å²) in [5.74, 6) is -1.52. The lowest BCUT2D eigenvalue weighted by atomic mass is 10.2. The number of amides is 2. The molecule has 0 radical (unpaired) electrons. The molecule has 3 rings (SSSR count). The Bertz CT molecular complexity index is 822. The van der Waals surface area contributed by atoms with E-state index in [9.17, 15) is 14.0 Å². The van der Waals surface area contributed by atoms with Crippen LogP contribution >= 0.6 is 11.6 Å². The predicted molar refractivity (Wildman–Crippen MR) is 111 cm³/mol. The van der Waals surface area contributed by atoms with E-state index in [1.807, 2.05) is 0 Å². The molecule has 0 saturated carbocycles. The van der Waals surface area contributed by atoms with Crippen molar-refractivity contribution in [3.63, 3.8) is 0 Å². The average Bonchev–Trinajstić information content (AvgIpc) is 2.74. The van der Waals surface area contributed by atoms with Crippen LogP contribution in [0.3, 0.4) is 0 Å². The third kappa shape index (κ3) is 6.44. The number of benzene rings is 2. The number of hydrogen-bond acceptors (Lipinski definition) is 4. The number of piperazine rings is 1. The molecule has 2 N–H and O–H groups in total. The molecule has 0 atom stereocenters. The van der Waals surface area contributed by atoms with Crippen LogP contribution in [0.25, 0.3) is 0 Å². The first-order valence-electron chi connectivity index (χ1n) is 9.54. The lowest BCUT2D eigenvalue weighted by molar-refractivity contribution is -0.139. The summed E-state index contributed by atoms with van der Waals surface area (Å²) in [4.78, 5) is 28.3. The van der Waals surface area contributed by atoms with Crippen LogP contribution in [0.1, 0.15) is 5.56 Å². The number of rotatable bonds is 6. The Kier molecular flexibility index (Phi) is 7.43. The monoisotopic (exact) mass is 418 g/mol. The molecule has 2 amide bonds. The van der Waals surface area contributed by atoms with Crippen LogP contribution in [0.15, 0.2) is 48.5 Å². The Balaban J connectivity index is 1.32. The zero-order chi connectivity index (χ0) is 20.6. The molecule has 0 spiro atoms. The third-order valence-electron chi connectivity index (χ3n) is 4.85. The van der Waals surface area contributed by atoms with Gasteiger partial charge < -0.3 is 15.5 Å². The predicted octanol–water partition coefficient (Wildman–Crippen LogP) is 2.03. The molecule has 6 nitrogen and oxygen atoms in total. The van der Waals surface area contributed by atoms with Gasteiger partial charge in [0.25, 0.3) is 0 Å². The van der Waals surface area contributed by atoms with Gasteiger partial charge in [0.05, 0.1) is 0 Å². The van der Waals surface area contributed by atoms with Crippen molar-refractivity contribution in [3.05, 3.63) is 64.9 Å². The molecule has 2 aromatic rings. The minimum atomic E-state index is -0.652. The van der Waals surface area contributed by atoms with E-state index < -0.39 is 11.8 Å². The van der Waals surface area contributed by atoms with Crippen molar-refractivity contribution >= 4 is 29.1 Å². The average molecular weight is 419 g/mol. The Morgan fingerprint density at radius 2 is 1.52 bits per heavy atom. The Labute approximate surface area is 174 Å². The highest BCUT2D eigenvalue weighted by Gasteiger charge is 2.18. The van der Waals surface area contributed by atoms with Crippen molar-refractivity contribution in [1.29, 1.82) is 0 Å². The molecule has 0 aliphatic carbocycles. The number of halogens is 2. The number of anilines is 1. The minimum absolute atomic E-state index is 0.236. The first kappa shape index (κ1) is 21.1. The second-order valence-electron chi connectivity index (χ2n) is 6.87. The van der Waals surface area contributed by atoms with Gasteiger partial charge in [0.15, 0.2) is 0 Å². The second kappa shape index (κ2) is 10.2. The van der Waals surface area contributed by atoms with E-state index in [1.165, 1.54) is 12.1 Å². The topological polar surface area (TPSA) is 64.7 Å². The molecule has 29 heavy (non-hydrogen) atoms. The molecule has 2 aromatic carbocycles. The molecule has 1 aliphatic rings. The smallest absolute Gasteiger partial charge is 0.309 e. The van der Waals surface area contributed by atoms with Gasteiger partial charge in [-0.3, -0.25) is 14.5 Å². The fourth-order valence-corrected chi connectivity index (χ4v) is 3.28. The Morgan fingerprint density at radius 1 is 0.897 bits per heavy atom. The molecule has 154 valence electrons. The van der Waals surface area contributed by atoms with E-state index in [1.54, 1.807) is 36.4 Å². The van der Waals surface area contributed by atoms with Crippen LogP contribution in [-0.2, 0) is 16.1 Å². The summed E-state index contributed by atoms with van der Waals surface area (Å²) >= 11 is 5.82. The summed E-state index contributed by atoms with van der Waals surface area (Å²) in [5, 5.41) is 5.87. The molecule has 1 saturated heterocycles. The molecular formula is C21H24ClFN4O2. The van der Waals surface area contributed by atoms with Gasteiger partial charge in [-0.1, -0.05) is 23.7 Å². The standard InChI is InChI=1S/C21H24ClFN4O2/c22-17-3-1-16(2-4-17)15-25-21(29)20(28)24-9-10-26-11-13-27(14-12-26)19-7-5-18(23)6-8-19/h1-8H,9-15H2,(H,24,28)(H,25,29). The number of nitrogens with zero attached hydrogens (tertiary/aromatic N) is 2. The highest BCUT2D eigenvalue weighted by atomic mass is 35.5. The lowest BCUT2D eigenvalue weighted by Gasteiger charge is -2.36. The van der Waals surface area contributed by atoms with E-state index in [0.717, 1.165) is 37.4 Å². The molecule has 1 aliphatic heterocycles. The van der Waals surface area contributed by atoms with Crippen LogP contribution in [-0.4, -0.2) is 56.0 Å². The zero-order valence-corrected chi connectivity index (χ0v) is 16.8. The first-order chi connectivity index (χ1) is 14.0. The van der Waals surface area contributed by atoms with Crippen LogP contribution < -0.4 is 15.5 Å². The van der Waals surface area contributed by atoms with Crippen LogP contribution in [0.4, 0.5) is 10.1 Å². The van der Waals surface area contributed by atoms with Gasteiger partial charge in [-0.25, -0.2) is 4.39 Å². The van der Waals surface area contributed by atoms with E-state index in [2.05, 4.69) is 20.4 Å². The van der Waals surface area contributed by atoms with E-state index in [0.29, 0.717) is 18.1 Å². The molecule has 0 bridgehead atoms. The summed E-state index contributed by atoms with van der Waals surface area (Å²) in [6, 6.07) is 13.6. The van der Waals surface area contributed by atoms with Crippen molar-refractivity contribution in [3.8, 4) is 0 Å². The molecule has 1 heterocycles. The van der Waals surface area contributed by atoms with Crippen LogP contribution in [0.2, 0.25) is 5.02 Å². The van der Waals surface area contributed by atoms with Gasteiger partial charge in [-0.05, 0) is 42.0 Å². The van der Waals surface area contributed by atoms with Gasteiger partial charge in [0, 0.05) is 56.5 Å². The van der Waals surface area contributed by atoms with E-state index >= 15 is 0 Å². The second-order valence-corrected chi connectivity index (χ2v) is 7.31. The van der Waals surface area contributed by atoms with Crippen molar-refractivity contribution in [2.75, 3.05) is 44.2 Å². The summed E-state index contributed by atoms with van der Waals surface area (Å²) < 4.78 is 13.0. The summed E-state index contributed by atoms with van der Waals surface area (Å²) in [6.45, 7) is 4.71. The van der Waals surface area contributed by atoms with Crippen molar-refractivity contribution in [1.82, 2.24) is 15.5 Å². The SMILES string of the molecule is O=C(NCCN1CCN(c2ccc(F)cc2)CC1)C(=O)NCc1ccc(Cl)cc1. The van der Waals surface area contributed by atoms with E-state index in [-0.39, 0.29) is 12.4 Å². The maximum absolute atomic E-state index is 13.0. The van der Waals surface area contributed by atoms with Crippen molar-refractivity contribution < 1.29 is 14.0 Å². The van der Waals surface area contributed by atoms with Gasteiger partial charge in [-0.2, -0.15) is 0 Å². The Hall–Kier alpha value is -2.64. The fraction of sp³-hybridized carbons (Fsp3) is 0.333. The first-order valence-corrected chi connectivity index (χ1v) is 9.92. The maximum atomic E-state index is 13.0. The van der Waals surface area contributed by atoms with Crippen molar-refractivity contribution in [2.24, 2.45) is 0 Å². The summed E-state index contributed by atoms with van der Waals surface area (Å²) in [5.41, 5.74) is 1.88. The van der Waals surface area contributed by atoms with Gasteiger partial charge in [-0.15, -0.1) is 0 Å². The maximum Gasteiger partial charge on any atom is 0.309 e. The minimum Gasteiger partial charge on any atom is -0.369 e. The highest BCUT2D eigenvalue weighted by molar-refractivity contribution is 6.35. The van der Waals surface area contributed by atoms with Crippen LogP contribution in [0.5, 0.6) is 0 Å². The zero-order valence-electron chi connectivity index (χ0n) is 16.0. The van der Waals surface area contributed by atoms with Gasteiger partial charge >= 0.3 is 11.8 Å². The Morgan fingerprint density at radius 3 is 2.17 bits per heavy atom. The molecule has 1 fully saturated rings. The van der Waals surface area contributed by atoms with Gasteiger partial charge in [0.1, 0.15) is 5.82 Å². The van der Waals surface area contributed by atoms with Gasteiger partial charge in [0.2, 0.25) is 0 Å². The number of carbonyl (C=O) groups excluding carboxylic acids is 2. The quantitative estimate of drug-likeness (QED) is 0.705. The molecular weight excluding hydrogens is 395 g/mol. The number of nitrogens with one attached hydrogen (secondary N) is 2. The molecule has 0 aromatic heterocycles. The largest absolute Gasteiger partial charge is 0.369 e. The molecule has 8 heteroatoms.